The molecule has 0 saturated heterocycles. The van der Waals surface area contributed by atoms with Crippen molar-refractivity contribution in [2.24, 2.45) is 57.6 Å². The molecule has 0 aliphatic carbocycles. The number of nitrogens with zero attached hydrogens (tertiary/aromatic N) is 11. The van der Waals surface area contributed by atoms with Gasteiger partial charge in [0.05, 0.1) is 157 Å². The van der Waals surface area contributed by atoms with E-state index in [9.17, 15) is 48.1 Å². The summed E-state index contributed by atoms with van der Waals surface area (Å²) in [6.45, 7) is 11.0. The van der Waals surface area contributed by atoms with Crippen LogP contribution in [-0.2, 0) is 63.1 Å². The zero-order chi connectivity index (χ0) is 97.6. The van der Waals surface area contributed by atoms with Crippen molar-refractivity contribution >= 4 is 116 Å². The number of esters is 5. The Hall–Kier alpha value is -17.1. The van der Waals surface area contributed by atoms with Crippen molar-refractivity contribution in [3.63, 3.8) is 0 Å². The number of methoxy groups -OCH3 is 5. The molecule has 13 aromatic carbocycles. The normalized spacial score (nSPS) is 11.5. The van der Waals surface area contributed by atoms with E-state index in [2.05, 4.69) is 69.8 Å². The van der Waals surface area contributed by atoms with E-state index in [1.54, 1.807) is 158 Å². The van der Waals surface area contributed by atoms with E-state index >= 15 is 0 Å². The largest absolute Gasteiger partial charge is 0.465 e. The molecule has 135 heavy (non-hydrogen) atoms. The topological polar surface area (TPSA) is 479 Å². The highest BCUT2D eigenvalue weighted by Crippen LogP contribution is 2.33. The zero-order valence-electron chi connectivity index (χ0n) is 75.6. The number of imide groups is 2. The summed E-state index contributed by atoms with van der Waals surface area (Å²) in [5.41, 5.74) is 43.4. The summed E-state index contributed by atoms with van der Waals surface area (Å²) >= 11 is 0. The van der Waals surface area contributed by atoms with E-state index in [0.717, 1.165) is 83.9 Å². The first kappa shape index (κ1) is 102. The summed E-state index contributed by atoms with van der Waals surface area (Å²) in [7, 11) is 6.64. The number of nitrogens with two attached hydrogens (primary N) is 4. The van der Waals surface area contributed by atoms with Gasteiger partial charge in [-0.05, 0) is 277 Å². The number of hydrogen-bond donors (Lipinski definition) is 6. The number of carbonyl (C=O) groups excluding carboxylic acids is 9. The summed E-state index contributed by atoms with van der Waals surface area (Å²) in [5, 5.41) is 54.6. The number of aliphatic hydroxyl groups excluding tert-OH is 2. The monoisotopic (exact) mass is 1820 g/mol. The number of benzene rings is 13. The molecule has 0 aromatic heterocycles. The number of nitroso groups, excluding NO2 is 1. The third kappa shape index (κ3) is 29.2. The van der Waals surface area contributed by atoms with Gasteiger partial charge < -0.3 is 56.8 Å². The van der Waals surface area contributed by atoms with Crippen LogP contribution in [0.3, 0.4) is 0 Å². The molecule has 688 valence electrons. The number of nitrogen functional groups attached to an aromatic ring is 2. The van der Waals surface area contributed by atoms with Gasteiger partial charge >= 0.3 is 29.8 Å². The van der Waals surface area contributed by atoms with Gasteiger partial charge in [-0.1, -0.05) is 109 Å². The van der Waals surface area contributed by atoms with E-state index in [1.807, 2.05) is 138 Å². The van der Waals surface area contributed by atoms with Crippen LogP contribution in [0.5, 0.6) is 0 Å². The highest BCUT2D eigenvalue weighted by atomic mass is 16.5. The molecular weight excluding hydrogens is 1720 g/mol. The van der Waals surface area contributed by atoms with E-state index in [0.29, 0.717) is 103 Å². The van der Waals surface area contributed by atoms with Crippen molar-refractivity contribution in [2.75, 3.05) is 47.0 Å². The molecule has 32 heteroatoms. The van der Waals surface area contributed by atoms with E-state index < -0.39 is 17.9 Å². The SMILES string of the molecule is COC(=O)c1ccc(C)c(N)c1.COC(=O)c1ccc(N)cc1.COC(=O)c1ccc(N=Nc2cc(C(=O)OC)ccc2C)cc1.COC(=O)c1ccc(N=O)cc1.Cc1ccc(CN)cc1N=Nc1ccc(CN)cc1.Cc1ccc(CN2C(=O)c3ccccc3C2=O)cc1N=Nc1ccc(CN2C(=O)c3ccccc3C2=O)cc1.Cc1ccc(CO)cc1N=Nc1ccc(CO)cc1. The number of aliphatic hydroxyl groups is 2. The number of ether oxygens (including phenoxy) is 5. The molecule has 2 heterocycles. The number of fused-ring (bicyclic) bond motifs is 2. The van der Waals surface area contributed by atoms with Crippen LogP contribution in [0.4, 0.5) is 62.6 Å². The van der Waals surface area contributed by atoms with Crippen molar-refractivity contribution in [2.45, 2.75) is 74.0 Å². The maximum atomic E-state index is 12.7. The molecule has 13 aromatic rings. The predicted molar refractivity (Wildman–Crippen MR) is 511 cm³/mol. The van der Waals surface area contributed by atoms with E-state index in [4.69, 9.17) is 33.1 Å². The number of carbonyl (C=O) groups is 9. The molecule has 0 saturated carbocycles. The molecule has 0 bridgehead atoms. The standard InChI is InChI=1S/C31H22N4O4.C17H16N2O4.C15H18N4.C15H16N2O2.C9H11NO2.C8H7NO3.C8H9NO2/c1-19-10-11-21(18-35-30(38)25-8-4-5-9-26(25)31(35)39)16-27(19)33-32-22-14-12-20(13-15-22)17-34-28(36)23-6-2-3-7-24(23)29(34)37;1-11-4-5-13(17(21)23-3)10-15(11)19-18-14-8-6-12(7-9-14)16(20)22-2;1-11-2-3-13(10-17)8-15(11)19-18-14-6-4-12(9-16)5-7-14;1-11-2-3-13(10-19)8-15(11)17-16-14-6-4-12(9-18)5-7-14;1-6-3-4-7(5-8(6)10)9(11)12-2;1-12-8(10)6-2-4-7(9-11)5-3-6;1-11-8(10)6-2-4-7(9)5-3-6/h2-16H,17-18H2,1H3;4-10H,1-3H3;2-8H,9-10,16-17H2,1H3;2-8,18-19H,9-10H2,1H3;3-5H,10H2,1-2H3;2-5H,1H3;2-5H,9H2,1H3. The molecule has 0 unspecified atom stereocenters. The lowest BCUT2D eigenvalue weighted by Crippen LogP contribution is -2.29. The summed E-state index contributed by atoms with van der Waals surface area (Å²) in [6.07, 6.45) is 0. The molecule has 0 spiro atoms. The van der Waals surface area contributed by atoms with Crippen LogP contribution < -0.4 is 22.9 Å². The average molecular weight is 1820 g/mol. The first-order chi connectivity index (χ1) is 65.1. The predicted octanol–water partition coefficient (Wildman–Crippen LogP) is 21.0. The molecule has 0 fully saturated rings. The highest BCUT2D eigenvalue weighted by Gasteiger charge is 2.36. The number of azo groups is 4. The summed E-state index contributed by atoms with van der Waals surface area (Å²) in [6, 6.07) is 82.1. The van der Waals surface area contributed by atoms with Crippen LogP contribution in [0.2, 0.25) is 0 Å². The minimum atomic E-state index is -0.427. The van der Waals surface area contributed by atoms with Crippen LogP contribution in [0.1, 0.15) is 154 Å². The lowest BCUT2D eigenvalue weighted by atomic mass is 10.1. The highest BCUT2D eigenvalue weighted by molar-refractivity contribution is 6.22. The van der Waals surface area contributed by atoms with Gasteiger partial charge in [0.15, 0.2) is 0 Å². The lowest BCUT2D eigenvalue weighted by Gasteiger charge is -2.14. The van der Waals surface area contributed by atoms with Crippen molar-refractivity contribution in [3.8, 4) is 0 Å². The Kier molecular flexibility index (Phi) is 38.2. The van der Waals surface area contributed by atoms with Crippen LogP contribution in [0.15, 0.2) is 331 Å². The Morgan fingerprint density at radius 3 is 0.911 bits per heavy atom. The van der Waals surface area contributed by atoms with Crippen LogP contribution in [0.25, 0.3) is 0 Å². The Morgan fingerprint density at radius 1 is 0.289 bits per heavy atom. The molecule has 4 amide bonds. The van der Waals surface area contributed by atoms with Crippen molar-refractivity contribution < 1.29 is 77.0 Å². The quantitative estimate of drug-likeness (QED) is 0.00916. The van der Waals surface area contributed by atoms with Crippen molar-refractivity contribution in [1.82, 2.24) is 9.80 Å². The Morgan fingerprint density at radius 2 is 0.556 bits per heavy atom. The van der Waals surface area contributed by atoms with Crippen LogP contribution >= 0.6 is 0 Å². The number of anilines is 2. The third-order valence-corrected chi connectivity index (χ3v) is 20.3. The number of amides is 4. The first-order valence-electron chi connectivity index (χ1n) is 41.6. The average Bonchev–Trinajstić information content (AvgIpc) is 1.63. The molecule has 15 rings (SSSR count). The summed E-state index contributed by atoms with van der Waals surface area (Å²) < 4.78 is 22.8. The van der Waals surface area contributed by atoms with E-state index in [-0.39, 0.29) is 61.9 Å². The second-order valence-corrected chi connectivity index (χ2v) is 29.7. The fourth-order valence-corrected chi connectivity index (χ4v) is 12.4. The van der Waals surface area contributed by atoms with Crippen molar-refractivity contribution in [1.29, 1.82) is 0 Å². The molecule has 32 nitrogen and oxygen atoms in total. The third-order valence-electron chi connectivity index (χ3n) is 20.3. The van der Waals surface area contributed by atoms with Gasteiger partial charge in [-0.15, -0.1) is 4.91 Å². The smallest absolute Gasteiger partial charge is 0.337 e. The molecule has 0 atom stereocenters. The Labute approximate surface area is 778 Å². The van der Waals surface area contributed by atoms with Gasteiger partial charge in [0, 0.05) is 24.5 Å². The molecule has 10 N–H and O–H groups in total. The van der Waals surface area contributed by atoms with Crippen LogP contribution in [-0.4, -0.2) is 109 Å². The van der Waals surface area contributed by atoms with Gasteiger partial charge in [0.2, 0.25) is 0 Å². The van der Waals surface area contributed by atoms with Gasteiger partial charge in [0.1, 0.15) is 5.69 Å². The molecule has 2 aliphatic heterocycles. The van der Waals surface area contributed by atoms with Gasteiger partial charge in [-0.3, -0.25) is 29.0 Å². The maximum Gasteiger partial charge on any atom is 0.337 e. The Balaban J connectivity index is 0.000000186. The number of hydrogen-bond acceptors (Lipinski definition) is 30. The van der Waals surface area contributed by atoms with Gasteiger partial charge in [0.25, 0.3) is 23.6 Å². The molecule has 2 aliphatic rings. The minimum absolute atomic E-state index is 0.00596. The molecular formula is C103H99N15O17. The second kappa shape index (κ2) is 50.8. The van der Waals surface area contributed by atoms with Gasteiger partial charge in [-0.25, -0.2) is 24.0 Å². The molecule has 0 radical (unpaired) electrons. The van der Waals surface area contributed by atoms with E-state index in [1.165, 1.54) is 69.6 Å². The lowest BCUT2D eigenvalue weighted by molar-refractivity contribution is 0.0592. The van der Waals surface area contributed by atoms with Crippen molar-refractivity contribution in [3.05, 3.63) is 401 Å². The first-order valence-corrected chi connectivity index (χ1v) is 41.6. The summed E-state index contributed by atoms with van der Waals surface area (Å²) in [5.74, 6) is -3.16. The number of aryl methyl sites for hydroxylation is 5. The number of rotatable bonds is 22. The fraction of sp³-hybridized carbons (Fsp3) is 0.155. The minimum Gasteiger partial charge on any atom is -0.465 e. The van der Waals surface area contributed by atoms with Crippen LogP contribution in [0, 0.1) is 39.5 Å². The Bertz CT molecular complexity index is 6330. The fourth-order valence-electron chi connectivity index (χ4n) is 12.4. The second-order valence-electron chi connectivity index (χ2n) is 29.7. The van der Waals surface area contributed by atoms with Gasteiger partial charge in [-0.2, -0.15) is 40.9 Å². The summed E-state index contributed by atoms with van der Waals surface area (Å²) in [4.78, 5) is 119. The maximum absolute atomic E-state index is 12.7. The zero-order valence-corrected chi connectivity index (χ0v) is 75.6.